The van der Waals surface area contributed by atoms with Crippen LogP contribution >= 0.6 is 0 Å². The molecule has 94 valence electrons. The van der Waals surface area contributed by atoms with E-state index in [4.69, 9.17) is 0 Å². The summed E-state index contributed by atoms with van der Waals surface area (Å²) in [6.45, 7) is 8.23. The molecule has 0 radical (unpaired) electrons. The molecule has 2 aliphatic carbocycles. The Labute approximate surface area is 103 Å². The summed E-state index contributed by atoms with van der Waals surface area (Å²) in [5, 5.41) is 10.1. The van der Waals surface area contributed by atoms with Gasteiger partial charge in [0.1, 0.15) is 6.10 Å². The molecule has 0 aliphatic heterocycles. The number of carbonyl (C=O) groups is 1. The lowest BCUT2D eigenvalue weighted by Gasteiger charge is -2.43. The van der Waals surface area contributed by atoms with Crippen molar-refractivity contribution in [3.8, 4) is 0 Å². The minimum absolute atomic E-state index is 0.0100. The Morgan fingerprint density at radius 2 is 2.00 bits per heavy atom. The van der Waals surface area contributed by atoms with Crippen LogP contribution in [0.15, 0.2) is 22.8 Å². The first-order chi connectivity index (χ1) is 7.88. The van der Waals surface area contributed by atoms with Crippen molar-refractivity contribution in [1.82, 2.24) is 0 Å². The number of aliphatic hydroxyl groups is 1. The molecule has 0 unspecified atom stereocenters. The number of Topliss-reactive ketones (excluding diaryl/α,β-unsaturated/α-hetero) is 1. The maximum atomic E-state index is 12.0. The Hall–Kier alpha value is -0.890. The predicted octanol–water partition coefficient (Wildman–Crippen LogP) is 3.02. The summed E-state index contributed by atoms with van der Waals surface area (Å²) >= 11 is 0. The van der Waals surface area contributed by atoms with E-state index in [1.807, 2.05) is 13.8 Å². The zero-order valence-electron chi connectivity index (χ0n) is 11.2. The van der Waals surface area contributed by atoms with Crippen LogP contribution in [-0.4, -0.2) is 17.0 Å². The molecule has 3 atom stereocenters. The fourth-order valence-corrected chi connectivity index (χ4v) is 3.24. The van der Waals surface area contributed by atoms with Crippen molar-refractivity contribution in [2.75, 3.05) is 0 Å². The smallest absolute Gasteiger partial charge is 0.187 e. The molecule has 2 nitrogen and oxygen atoms in total. The van der Waals surface area contributed by atoms with Gasteiger partial charge in [0.15, 0.2) is 5.78 Å². The topological polar surface area (TPSA) is 37.3 Å². The second kappa shape index (κ2) is 4.09. The van der Waals surface area contributed by atoms with Gasteiger partial charge in [0.25, 0.3) is 0 Å². The van der Waals surface area contributed by atoms with Crippen LogP contribution in [0.1, 0.15) is 47.0 Å². The molecule has 17 heavy (non-hydrogen) atoms. The van der Waals surface area contributed by atoms with Crippen LogP contribution in [0.2, 0.25) is 0 Å². The first kappa shape index (κ1) is 12.6. The highest BCUT2D eigenvalue weighted by Gasteiger charge is 2.46. The fourth-order valence-electron chi connectivity index (χ4n) is 3.24. The van der Waals surface area contributed by atoms with E-state index in [2.05, 4.69) is 19.9 Å². The summed E-state index contributed by atoms with van der Waals surface area (Å²) in [4.78, 5) is 12.0. The molecule has 2 heteroatoms. The lowest BCUT2D eigenvalue weighted by Crippen LogP contribution is -2.45. The molecule has 0 aromatic heterocycles. The Bertz CT molecular complexity index is 417. The van der Waals surface area contributed by atoms with E-state index in [0.29, 0.717) is 0 Å². The summed E-state index contributed by atoms with van der Waals surface area (Å²) in [7, 11) is 0. The lowest BCUT2D eigenvalue weighted by atomic mass is 9.61. The number of hydrogen-bond acceptors (Lipinski definition) is 2. The van der Waals surface area contributed by atoms with E-state index in [9.17, 15) is 9.90 Å². The molecule has 0 aromatic rings. The molecule has 0 saturated heterocycles. The number of hydrogen-bond donors (Lipinski definition) is 1. The third-order valence-corrected chi connectivity index (χ3v) is 4.90. The van der Waals surface area contributed by atoms with Crippen LogP contribution in [0.5, 0.6) is 0 Å². The van der Waals surface area contributed by atoms with Gasteiger partial charge < -0.3 is 5.11 Å². The van der Waals surface area contributed by atoms with Crippen molar-refractivity contribution in [2.24, 2.45) is 11.3 Å². The standard InChI is InChI=1S/C15H22O2/c1-9-5-6-12-10(2)13(16)14(17)11(3)15(12,4)8-7-9/h7,11,14,17H,5-6,8H2,1-4H3/t11-,14+,15+/m0/s1. The maximum Gasteiger partial charge on any atom is 0.187 e. The molecule has 0 amide bonds. The number of rotatable bonds is 0. The molecule has 0 aromatic carbocycles. The molecule has 2 aliphatic rings. The largest absolute Gasteiger partial charge is 0.385 e. The first-order valence-corrected chi connectivity index (χ1v) is 6.46. The summed E-state index contributed by atoms with van der Waals surface area (Å²) in [6.07, 6.45) is 4.40. The van der Waals surface area contributed by atoms with Crippen molar-refractivity contribution < 1.29 is 9.90 Å². The quantitative estimate of drug-likeness (QED) is 0.654. The van der Waals surface area contributed by atoms with E-state index >= 15 is 0 Å². The summed E-state index contributed by atoms with van der Waals surface area (Å²) in [6, 6.07) is 0. The van der Waals surface area contributed by atoms with E-state index in [1.165, 1.54) is 11.1 Å². The Morgan fingerprint density at radius 3 is 2.65 bits per heavy atom. The van der Waals surface area contributed by atoms with E-state index in [0.717, 1.165) is 24.8 Å². The monoisotopic (exact) mass is 234 g/mol. The number of carbonyl (C=O) groups excluding carboxylic acids is 1. The summed E-state index contributed by atoms with van der Waals surface area (Å²) in [5.74, 6) is -0.0552. The normalized spacial score (nSPS) is 38.6. The van der Waals surface area contributed by atoms with Crippen molar-refractivity contribution in [3.05, 3.63) is 22.8 Å². The van der Waals surface area contributed by atoms with E-state index < -0.39 is 6.10 Å². The molecule has 2 rings (SSSR count). The summed E-state index contributed by atoms with van der Waals surface area (Å²) in [5.41, 5.74) is 3.43. The van der Waals surface area contributed by atoms with E-state index in [1.54, 1.807) is 0 Å². The third kappa shape index (κ3) is 1.79. The van der Waals surface area contributed by atoms with Crippen molar-refractivity contribution in [2.45, 2.75) is 53.1 Å². The van der Waals surface area contributed by atoms with Gasteiger partial charge in [-0.3, -0.25) is 4.79 Å². The first-order valence-electron chi connectivity index (χ1n) is 6.46. The lowest BCUT2D eigenvalue weighted by molar-refractivity contribution is -0.129. The average Bonchev–Trinajstić information content (AvgIpc) is 2.46. The van der Waals surface area contributed by atoms with Crippen LogP contribution in [0.3, 0.4) is 0 Å². The van der Waals surface area contributed by atoms with E-state index in [-0.39, 0.29) is 17.1 Å². The van der Waals surface area contributed by atoms with Crippen molar-refractivity contribution >= 4 is 5.78 Å². The van der Waals surface area contributed by atoms with Crippen LogP contribution in [0.25, 0.3) is 0 Å². The number of fused-ring (bicyclic) bond motifs is 1. The van der Waals surface area contributed by atoms with Gasteiger partial charge in [0.05, 0.1) is 0 Å². The molecule has 1 N–H and O–H groups in total. The molecular formula is C15H22O2. The van der Waals surface area contributed by atoms with Gasteiger partial charge in [-0.25, -0.2) is 0 Å². The van der Waals surface area contributed by atoms with Gasteiger partial charge in [0.2, 0.25) is 0 Å². The average molecular weight is 234 g/mol. The zero-order chi connectivity index (χ0) is 12.8. The summed E-state index contributed by atoms with van der Waals surface area (Å²) < 4.78 is 0. The number of ketones is 1. The molecule has 0 fully saturated rings. The molecule has 0 spiro atoms. The highest BCUT2D eigenvalue weighted by atomic mass is 16.3. The van der Waals surface area contributed by atoms with Gasteiger partial charge in [-0.2, -0.15) is 0 Å². The van der Waals surface area contributed by atoms with Crippen molar-refractivity contribution in [3.63, 3.8) is 0 Å². The van der Waals surface area contributed by atoms with Crippen LogP contribution < -0.4 is 0 Å². The second-order valence-corrected chi connectivity index (χ2v) is 5.87. The fraction of sp³-hybridized carbons (Fsp3) is 0.667. The third-order valence-electron chi connectivity index (χ3n) is 4.90. The number of allylic oxidation sites excluding steroid dienone is 3. The minimum atomic E-state index is -0.824. The Morgan fingerprint density at radius 1 is 1.35 bits per heavy atom. The molecular weight excluding hydrogens is 212 g/mol. The molecule has 0 bridgehead atoms. The minimum Gasteiger partial charge on any atom is -0.385 e. The number of aliphatic hydroxyl groups excluding tert-OH is 1. The highest BCUT2D eigenvalue weighted by Crippen LogP contribution is 2.50. The van der Waals surface area contributed by atoms with Crippen LogP contribution in [0, 0.1) is 11.3 Å². The van der Waals surface area contributed by atoms with Crippen LogP contribution in [-0.2, 0) is 4.79 Å². The SMILES string of the molecule is CC1=CC[C@@]2(C)C(=C(C)C(=O)[C@H](O)[C@@H]2C)CC1. The van der Waals surface area contributed by atoms with Crippen molar-refractivity contribution in [1.29, 1.82) is 0 Å². The van der Waals surface area contributed by atoms with Gasteiger partial charge in [-0.1, -0.05) is 31.1 Å². The molecule has 0 saturated carbocycles. The zero-order valence-corrected chi connectivity index (χ0v) is 11.2. The second-order valence-electron chi connectivity index (χ2n) is 5.87. The van der Waals surface area contributed by atoms with Gasteiger partial charge in [-0.15, -0.1) is 0 Å². The van der Waals surface area contributed by atoms with Crippen LogP contribution in [0.4, 0.5) is 0 Å². The Balaban J connectivity index is 2.53. The maximum absolute atomic E-state index is 12.0. The predicted molar refractivity (Wildman–Crippen MR) is 68.6 cm³/mol. The Kier molecular flexibility index (Phi) is 3.03. The molecule has 0 heterocycles. The van der Waals surface area contributed by atoms with Gasteiger partial charge >= 0.3 is 0 Å². The van der Waals surface area contributed by atoms with Gasteiger partial charge in [0, 0.05) is 0 Å². The highest BCUT2D eigenvalue weighted by molar-refractivity contribution is 6.00. The van der Waals surface area contributed by atoms with Gasteiger partial charge in [-0.05, 0) is 50.0 Å².